The number of likely N-dealkylation sites (tertiary alicyclic amines) is 1. The van der Waals surface area contributed by atoms with Crippen LogP contribution in [0.3, 0.4) is 0 Å². The first-order chi connectivity index (χ1) is 17.5. The van der Waals surface area contributed by atoms with Crippen LogP contribution in [0.1, 0.15) is 43.0 Å². The molecule has 0 bridgehead atoms. The molecule has 1 saturated heterocycles. The number of hydrogen-bond acceptors (Lipinski definition) is 7. The summed E-state index contributed by atoms with van der Waals surface area (Å²) >= 11 is 6.04. The third kappa shape index (κ3) is 6.27. The summed E-state index contributed by atoms with van der Waals surface area (Å²) in [4.78, 5) is 28.2. The van der Waals surface area contributed by atoms with E-state index in [1.165, 1.54) is 57.0 Å². The number of carbonyl (C=O) groups is 1. The van der Waals surface area contributed by atoms with Crippen LogP contribution in [0.2, 0.25) is 5.02 Å². The number of halogens is 2. The van der Waals surface area contributed by atoms with E-state index in [0.717, 1.165) is 19.5 Å². The maximum atomic E-state index is 14.4. The molecule has 190 valence electrons. The Kier molecular flexibility index (Phi) is 8.66. The number of piperidine rings is 1. The smallest absolute Gasteiger partial charge is 0.254 e. The Labute approximate surface area is 215 Å². The summed E-state index contributed by atoms with van der Waals surface area (Å²) in [6, 6.07) is 6.44. The summed E-state index contributed by atoms with van der Waals surface area (Å²) in [6.07, 6.45) is 9.13. The van der Waals surface area contributed by atoms with E-state index in [1.807, 2.05) is 0 Å². The van der Waals surface area contributed by atoms with Crippen molar-refractivity contribution in [3.63, 3.8) is 0 Å². The third-order valence-electron chi connectivity index (χ3n) is 6.31. The molecular formula is C26H30ClFN6O2. The first kappa shape index (κ1) is 25.8. The van der Waals surface area contributed by atoms with Crippen LogP contribution < -0.4 is 15.4 Å². The Hall–Kier alpha value is -3.30. The van der Waals surface area contributed by atoms with Crippen molar-refractivity contribution in [2.75, 3.05) is 32.1 Å². The second-order valence-electron chi connectivity index (χ2n) is 8.77. The summed E-state index contributed by atoms with van der Waals surface area (Å²) in [5.41, 5.74) is 1.01. The predicted octanol–water partition coefficient (Wildman–Crippen LogP) is 5.08. The number of amides is 1. The van der Waals surface area contributed by atoms with Crippen molar-refractivity contribution < 1.29 is 13.9 Å². The van der Waals surface area contributed by atoms with Gasteiger partial charge in [-0.15, -0.1) is 0 Å². The molecule has 36 heavy (non-hydrogen) atoms. The SMILES string of the molecule is COc1cnc(-c2cc(Cl)ccc2F)nc1Nc1ccncc1C(=O)NCCCN1CCCCC1C. The minimum atomic E-state index is -0.501. The number of ether oxygens (including phenoxy) is 1. The molecule has 1 atom stereocenters. The van der Waals surface area contributed by atoms with E-state index in [2.05, 4.69) is 37.4 Å². The van der Waals surface area contributed by atoms with Crippen molar-refractivity contribution >= 4 is 29.0 Å². The van der Waals surface area contributed by atoms with Crippen molar-refractivity contribution in [3.8, 4) is 17.1 Å². The highest BCUT2D eigenvalue weighted by Crippen LogP contribution is 2.30. The van der Waals surface area contributed by atoms with Gasteiger partial charge in [-0.05, 0) is 57.0 Å². The number of methoxy groups -OCH3 is 1. The lowest BCUT2D eigenvalue weighted by Gasteiger charge is -2.33. The highest BCUT2D eigenvalue weighted by atomic mass is 35.5. The summed E-state index contributed by atoms with van der Waals surface area (Å²) in [5, 5.41) is 6.47. The number of nitrogens with one attached hydrogen (secondary N) is 2. The summed E-state index contributed by atoms with van der Waals surface area (Å²) in [7, 11) is 1.48. The van der Waals surface area contributed by atoms with E-state index in [-0.39, 0.29) is 23.1 Å². The highest BCUT2D eigenvalue weighted by Gasteiger charge is 2.19. The van der Waals surface area contributed by atoms with E-state index >= 15 is 0 Å². The number of hydrogen-bond donors (Lipinski definition) is 2. The average molecular weight is 513 g/mol. The first-order valence-corrected chi connectivity index (χ1v) is 12.4. The Morgan fingerprint density at radius 2 is 2.14 bits per heavy atom. The van der Waals surface area contributed by atoms with Crippen LogP contribution in [0, 0.1) is 5.82 Å². The van der Waals surface area contributed by atoms with Crippen LogP contribution in [0.25, 0.3) is 11.4 Å². The number of rotatable bonds is 9. The second kappa shape index (κ2) is 12.1. The molecule has 0 aliphatic carbocycles. The number of aromatic nitrogens is 3. The van der Waals surface area contributed by atoms with Gasteiger partial charge in [0.2, 0.25) is 0 Å². The van der Waals surface area contributed by atoms with Crippen LogP contribution in [0.4, 0.5) is 15.9 Å². The maximum absolute atomic E-state index is 14.4. The normalized spacial score (nSPS) is 15.9. The van der Waals surface area contributed by atoms with Gasteiger partial charge in [-0.1, -0.05) is 18.0 Å². The van der Waals surface area contributed by atoms with Gasteiger partial charge in [0.15, 0.2) is 17.4 Å². The van der Waals surface area contributed by atoms with Gasteiger partial charge < -0.3 is 20.3 Å². The number of anilines is 2. The van der Waals surface area contributed by atoms with Gasteiger partial charge in [-0.3, -0.25) is 9.78 Å². The van der Waals surface area contributed by atoms with E-state index in [0.29, 0.717) is 34.6 Å². The Balaban J connectivity index is 1.47. The van der Waals surface area contributed by atoms with Crippen LogP contribution >= 0.6 is 11.6 Å². The Bertz CT molecular complexity index is 1210. The van der Waals surface area contributed by atoms with Crippen LogP contribution in [-0.2, 0) is 0 Å². The van der Waals surface area contributed by atoms with E-state index in [9.17, 15) is 9.18 Å². The zero-order valence-corrected chi connectivity index (χ0v) is 21.2. The number of nitrogens with zero attached hydrogens (tertiary/aromatic N) is 4. The van der Waals surface area contributed by atoms with Crippen molar-refractivity contribution in [1.82, 2.24) is 25.2 Å². The molecule has 1 aliphatic rings. The highest BCUT2D eigenvalue weighted by molar-refractivity contribution is 6.30. The van der Waals surface area contributed by atoms with Crippen LogP contribution in [-0.4, -0.2) is 58.5 Å². The fraction of sp³-hybridized carbons (Fsp3) is 0.385. The number of pyridine rings is 1. The molecule has 10 heteroatoms. The Morgan fingerprint density at radius 1 is 1.28 bits per heavy atom. The lowest BCUT2D eigenvalue weighted by atomic mass is 10.0. The zero-order valence-electron chi connectivity index (χ0n) is 20.4. The van der Waals surface area contributed by atoms with E-state index < -0.39 is 5.82 Å². The lowest BCUT2D eigenvalue weighted by molar-refractivity contribution is 0.0949. The fourth-order valence-electron chi connectivity index (χ4n) is 4.29. The topological polar surface area (TPSA) is 92.3 Å². The molecule has 3 heterocycles. The summed E-state index contributed by atoms with van der Waals surface area (Å²) in [6.45, 7) is 4.90. The summed E-state index contributed by atoms with van der Waals surface area (Å²) in [5.74, 6) is -0.00335. The van der Waals surface area contributed by atoms with Crippen molar-refractivity contribution in [2.24, 2.45) is 0 Å². The minimum Gasteiger partial charge on any atom is -0.491 e. The van der Waals surface area contributed by atoms with Gasteiger partial charge in [-0.2, -0.15) is 0 Å². The molecule has 4 rings (SSSR count). The molecule has 0 radical (unpaired) electrons. The zero-order chi connectivity index (χ0) is 25.5. The maximum Gasteiger partial charge on any atom is 0.254 e. The predicted molar refractivity (Wildman–Crippen MR) is 138 cm³/mol. The van der Waals surface area contributed by atoms with E-state index in [4.69, 9.17) is 16.3 Å². The van der Waals surface area contributed by atoms with Crippen LogP contribution in [0.5, 0.6) is 5.75 Å². The second-order valence-corrected chi connectivity index (χ2v) is 9.21. The lowest BCUT2D eigenvalue weighted by Crippen LogP contribution is -2.39. The molecule has 2 aromatic heterocycles. The van der Waals surface area contributed by atoms with Gasteiger partial charge >= 0.3 is 0 Å². The fourth-order valence-corrected chi connectivity index (χ4v) is 4.46. The van der Waals surface area contributed by atoms with Gasteiger partial charge in [0.05, 0.1) is 30.1 Å². The van der Waals surface area contributed by atoms with Gasteiger partial charge in [0, 0.05) is 36.5 Å². The quantitative estimate of drug-likeness (QED) is 0.386. The summed E-state index contributed by atoms with van der Waals surface area (Å²) < 4.78 is 19.8. The number of carbonyl (C=O) groups excluding carboxylic acids is 1. The Morgan fingerprint density at radius 3 is 2.94 bits per heavy atom. The number of benzene rings is 1. The molecule has 1 fully saturated rings. The molecule has 1 unspecified atom stereocenters. The first-order valence-electron chi connectivity index (χ1n) is 12.1. The molecule has 1 aliphatic heterocycles. The van der Waals surface area contributed by atoms with Crippen molar-refractivity contribution in [3.05, 3.63) is 59.3 Å². The molecule has 0 saturated carbocycles. The molecule has 1 aromatic carbocycles. The largest absolute Gasteiger partial charge is 0.491 e. The average Bonchev–Trinajstić information content (AvgIpc) is 2.89. The minimum absolute atomic E-state index is 0.130. The third-order valence-corrected chi connectivity index (χ3v) is 6.55. The monoisotopic (exact) mass is 512 g/mol. The van der Waals surface area contributed by atoms with Gasteiger partial charge in [0.25, 0.3) is 5.91 Å². The van der Waals surface area contributed by atoms with Gasteiger partial charge in [0.1, 0.15) is 5.82 Å². The molecule has 3 aromatic rings. The van der Waals surface area contributed by atoms with Gasteiger partial charge in [-0.25, -0.2) is 14.4 Å². The molecule has 1 amide bonds. The van der Waals surface area contributed by atoms with Crippen LogP contribution in [0.15, 0.2) is 42.9 Å². The standard InChI is InChI=1S/C26H30ClFN6O2/c1-17-6-3-4-12-34(17)13-5-10-30-26(35)20-15-29-11-9-22(20)32-25-23(36-2)16-31-24(33-25)19-14-18(27)7-8-21(19)28/h7-9,11,14-17H,3-6,10,12-13H2,1-2H3,(H,30,35)(H,29,31,32,33). The molecule has 0 spiro atoms. The van der Waals surface area contributed by atoms with Crippen molar-refractivity contribution in [1.29, 1.82) is 0 Å². The molecular weight excluding hydrogens is 483 g/mol. The molecule has 8 nitrogen and oxygen atoms in total. The van der Waals surface area contributed by atoms with E-state index in [1.54, 1.807) is 12.3 Å². The molecule has 2 N–H and O–H groups in total. The van der Waals surface area contributed by atoms with Crippen molar-refractivity contribution in [2.45, 2.75) is 38.6 Å².